The van der Waals surface area contributed by atoms with Crippen LogP contribution in [0.4, 0.5) is 5.69 Å². The Labute approximate surface area is 174 Å². The van der Waals surface area contributed by atoms with Crippen molar-refractivity contribution in [3.8, 4) is 0 Å². The maximum atomic E-state index is 12.7. The van der Waals surface area contributed by atoms with Crippen LogP contribution < -0.4 is 4.72 Å². The lowest BCUT2D eigenvalue weighted by atomic mass is 9.96. The highest BCUT2D eigenvalue weighted by Gasteiger charge is 2.28. The summed E-state index contributed by atoms with van der Waals surface area (Å²) in [5.74, 6) is -0.662. The van der Waals surface area contributed by atoms with Gasteiger partial charge in [-0.15, -0.1) is 0 Å². The predicted molar refractivity (Wildman–Crippen MR) is 109 cm³/mol. The second-order valence-corrected chi connectivity index (χ2v) is 8.79. The molecule has 1 amide bonds. The van der Waals surface area contributed by atoms with Crippen molar-refractivity contribution in [3.05, 3.63) is 59.1 Å². The number of sulfonamides is 1. The molecule has 3 rings (SSSR count). The minimum absolute atomic E-state index is 0.115. The number of ether oxygens (including phenoxy) is 1. The summed E-state index contributed by atoms with van der Waals surface area (Å²) in [6, 6.07) is 12.4. The van der Waals surface area contributed by atoms with Gasteiger partial charge in [-0.05, 0) is 43.2 Å². The number of hydrogen-bond donors (Lipinski definition) is 1. The van der Waals surface area contributed by atoms with E-state index in [1.807, 2.05) is 0 Å². The molecule has 0 radical (unpaired) electrons. The molecule has 1 aliphatic rings. The van der Waals surface area contributed by atoms with Crippen LogP contribution in [-0.2, 0) is 19.6 Å². The molecule has 1 N–H and O–H groups in total. The van der Waals surface area contributed by atoms with Gasteiger partial charge in [0.1, 0.15) is 0 Å². The average Bonchev–Trinajstić information content (AvgIpc) is 2.74. The number of rotatable bonds is 5. The number of carbonyl (C=O) groups excluding carboxylic acids is 2. The van der Waals surface area contributed by atoms with Crippen molar-refractivity contribution in [1.29, 1.82) is 0 Å². The molecule has 1 saturated heterocycles. The van der Waals surface area contributed by atoms with Gasteiger partial charge in [0.25, 0.3) is 15.9 Å². The topological polar surface area (TPSA) is 92.8 Å². The number of esters is 1. The summed E-state index contributed by atoms with van der Waals surface area (Å²) in [5, 5.41) is 0.125. The maximum Gasteiger partial charge on any atom is 0.308 e. The molecule has 2 aromatic rings. The van der Waals surface area contributed by atoms with Gasteiger partial charge in [-0.1, -0.05) is 29.8 Å². The van der Waals surface area contributed by atoms with Crippen molar-refractivity contribution in [3.63, 3.8) is 0 Å². The van der Waals surface area contributed by atoms with Crippen LogP contribution in [0.25, 0.3) is 0 Å². The predicted octanol–water partition coefficient (Wildman–Crippen LogP) is 3.17. The number of piperidine rings is 1. The quantitative estimate of drug-likeness (QED) is 0.726. The second-order valence-electron chi connectivity index (χ2n) is 6.70. The van der Waals surface area contributed by atoms with Gasteiger partial charge in [0.15, 0.2) is 0 Å². The van der Waals surface area contributed by atoms with E-state index < -0.39 is 10.0 Å². The Morgan fingerprint density at radius 2 is 1.76 bits per heavy atom. The zero-order chi connectivity index (χ0) is 21.0. The van der Waals surface area contributed by atoms with Gasteiger partial charge in [0, 0.05) is 18.7 Å². The lowest BCUT2D eigenvalue weighted by Crippen LogP contribution is -2.40. The van der Waals surface area contributed by atoms with Gasteiger partial charge < -0.3 is 9.64 Å². The normalized spacial score (nSPS) is 15.0. The molecular formula is C20H21ClN2O5S. The van der Waals surface area contributed by atoms with Gasteiger partial charge in [-0.3, -0.25) is 14.3 Å². The molecule has 0 aliphatic carbocycles. The van der Waals surface area contributed by atoms with Crippen molar-refractivity contribution >= 4 is 39.2 Å². The molecular weight excluding hydrogens is 416 g/mol. The number of halogens is 1. The Morgan fingerprint density at radius 1 is 1.10 bits per heavy atom. The highest BCUT2D eigenvalue weighted by Crippen LogP contribution is 2.27. The SMILES string of the molecule is COC(=O)C1CCN(C(=O)c2ccc(NS(=O)(=O)c3ccccc3)c(Cl)c2)CC1. The molecule has 0 aromatic heterocycles. The van der Waals surface area contributed by atoms with E-state index in [1.54, 1.807) is 23.1 Å². The number of anilines is 1. The van der Waals surface area contributed by atoms with E-state index >= 15 is 0 Å². The zero-order valence-electron chi connectivity index (χ0n) is 15.8. The first-order valence-corrected chi connectivity index (χ1v) is 10.9. The number of benzene rings is 2. The van der Waals surface area contributed by atoms with Crippen molar-refractivity contribution in [2.45, 2.75) is 17.7 Å². The molecule has 1 heterocycles. The van der Waals surface area contributed by atoms with Gasteiger partial charge >= 0.3 is 5.97 Å². The van der Waals surface area contributed by atoms with Crippen LogP contribution in [0.1, 0.15) is 23.2 Å². The summed E-state index contributed by atoms with van der Waals surface area (Å²) >= 11 is 6.23. The molecule has 9 heteroatoms. The number of likely N-dealkylation sites (tertiary alicyclic amines) is 1. The highest BCUT2D eigenvalue weighted by atomic mass is 35.5. The van der Waals surface area contributed by atoms with E-state index in [0.717, 1.165) is 0 Å². The maximum absolute atomic E-state index is 12.7. The molecule has 0 atom stereocenters. The fourth-order valence-electron chi connectivity index (χ4n) is 3.20. The van der Waals surface area contributed by atoms with Crippen LogP contribution >= 0.6 is 11.6 Å². The number of methoxy groups -OCH3 is 1. The first kappa shape index (κ1) is 21.1. The van der Waals surface area contributed by atoms with Crippen molar-refractivity contribution in [2.24, 2.45) is 5.92 Å². The Balaban J connectivity index is 1.70. The largest absolute Gasteiger partial charge is 0.469 e. The molecule has 154 valence electrons. The van der Waals surface area contributed by atoms with Crippen molar-refractivity contribution in [2.75, 3.05) is 24.9 Å². The minimum Gasteiger partial charge on any atom is -0.469 e. The molecule has 0 saturated carbocycles. The lowest BCUT2D eigenvalue weighted by Gasteiger charge is -2.30. The van der Waals surface area contributed by atoms with Crippen LogP contribution in [0.2, 0.25) is 5.02 Å². The number of carbonyl (C=O) groups is 2. The van der Waals surface area contributed by atoms with E-state index in [9.17, 15) is 18.0 Å². The zero-order valence-corrected chi connectivity index (χ0v) is 17.4. The summed E-state index contributed by atoms with van der Waals surface area (Å²) in [6.07, 6.45) is 1.09. The van der Waals surface area contributed by atoms with Crippen molar-refractivity contribution < 1.29 is 22.7 Å². The van der Waals surface area contributed by atoms with E-state index in [1.165, 1.54) is 37.4 Å². The van der Waals surface area contributed by atoms with E-state index in [4.69, 9.17) is 16.3 Å². The Bertz CT molecular complexity index is 1000. The lowest BCUT2D eigenvalue weighted by molar-refractivity contribution is -0.146. The molecule has 29 heavy (non-hydrogen) atoms. The molecule has 2 aromatic carbocycles. The highest BCUT2D eigenvalue weighted by molar-refractivity contribution is 7.92. The summed E-state index contributed by atoms with van der Waals surface area (Å²) in [4.78, 5) is 26.1. The third kappa shape index (κ3) is 4.89. The molecule has 0 spiro atoms. The Morgan fingerprint density at radius 3 is 2.34 bits per heavy atom. The van der Waals surface area contributed by atoms with E-state index in [2.05, 4.69) is 4.72 Å². The van der Waals surface area contributed by atoms with E-state index in [-0.39, 0.29) is 33.4 Å². The van der Waals surface area contributed by atoms with Crippen LogP contribution in [0.5, 0.6) is 0 Å². The minimum atomic E-state index is -3.78. The smallest absolute Gasteiger partial charge is 0.308 e. The van der Waals surface area contributed by atoms with Crippen LogP contribution in [0, 0.1) is 5.92 Å². The first-order valence-electron chi connectivity index (χ1n) is 9.06. The summed E-state index contributed by atoms with van der Waals surface area (Å²) in [6.45, 7) is 0.886. The number of amides is 1. The summed E-state index contributed by atoms with van der Waals surface area (Å²) in [7, 11) is -2.42. The van der Waals surface area contributed by atoms with Gasteiger partial charge in [-0.25, -0.2) is 8.42 Å². The third-order valence-electron chi connectivity index (χ3n) is 4.83. The summed E-state index contributed by atoms with van der Waals surface area (Å²) < 4.78 is 32.1. The van der Waals surface area contributed by atoms with Crippen LogP contribution in [0.3, 0.4) is 0 Å². The average molecular weight is 437 g/mol. The fraction of sp³-hybridized carbons (Fsp3) is 0.300. The number of hydrogen-bond acceptors (Lipinski definition) is 5. The molecule has 1 aliphatic heterocycles. The number of nitrogens with zero attached hydrogens (tertiary/aromatic N) is 1. The second kappa shape index (κ2) is 8.84. The number of nitrogens with one attached hydrogen (secondary N) is 1. The van der Waals surface area contributed by atoms with Gasteiger partial charge in [-0.2, -0.15) is 0 Å². The summed E-state index contributed by atoms with van der Waals surface area (Å²) in [5.41, 5.74) is 0.547. The van der Waals surface area contributed by atoms with Gasteiger partial charge in [0.05, 0.1) is 28.6 Å². The van der Waals surface area contributed by atoms with Crippen molar-refractivity contribution in [1.82, 2.24) is 4.90 Å². The molecule has 1 fully saturated rings. The standard InChI is InChI=1S/C20H21ClN2O5S/c1-28-20(25)14-9-11-23(12-10-14)19(24)15-7-8-18(17(21)13-15)22-29(26,27)16-5-3-2-4-6-16/h2-8,13-14,22H,9-12H2,1H3. The molecule has 7 nitrogen and oxygen atoms in total. The van der Waals surface area contributed by atoms with Gasteiger partial charge in [0.2, 0.25) is 0 Å². The monoisotopic (exact) mass is 436 g/mol. The van der Waals surface area contributed by atoms with Crippen LogP contribution in [0.15, 0.2) is 53.4 Å². The van der Waals surface area contributed by atoms with E-state index in [0.29, 0.717) is 31.5 Å². The van der Waals surface area contributed by atoms with Crippen LogP contribution in [-0.4, -0.2) is 45.4 Å². The third-order valence-corrected chi connectivity index (χ3v) is 6.52. The first-order chi connectivity index (χ1) is 13.8. The molecule has 0 bridgehead atoms. The Kier molecular flexibility index (Phi) is 6.44. The molecule has 0 unspecified atom stereocenters. The Hall–Kier alpha value is -2.58. The fourth-order valence-corrected chi connectivity index (χ4v) is 4.59.